The number of rotatable bonds is 3. The number of anilines is 2. The van der Waals surface area contributed by atoms with Crippen molar-refractivity contribution in [3.8, 4) is 0 Å². The average Bonchev–Trinajstić information content (AvgIpc) is 2.71. The van der Waals surface area contributed by atoms with E-state index < -0.39 is 0 Å². The zero-order valence-electron chi connectivity index (χ0n) is 8.63. The number of nitrogens with zero attached hydrogens (tertiary/aromatic N) is 1. The molecule has 0 spiro atoms. The topological polar surface area (TPSA) is 24.9 Å². The van der Waals surface area contributed by atoms with Crippen molar-refractivity contribution in [2.24, 2.45) is 0 Å². The minimum Gasteiger partial charge on any atom is -0.332 e. The first kappa shape index (κ1) is 11.9. The van der Waals surface area contributed by atoms with Crippen molar-refractivity contribution in [1.82, 2.24) is 4.98 Å². The second kappa shape index (κ2) is 5.17. The number of hydrogen-bond acceptors (Lipinski definition) is 3. The Morgan fingerprint density at radius 3 is 2.94 bits per heavy atom. The van der Waals surface area contributed by atoms with Gasteiger partial charge in [0.25, 0.3) is 0 Å². The first-order chi connectivity index (χ1) is 7.69. The first-order valence-electron chi connectivity index (χ1n) is 4.72. The van der Waals surface area contributed by atoms with Crippen LogP contribution in [0.25, 0.3) is 0 Å². The maximum Gasteiger partial charge on any atom is 0.187 e. The van der Waals surface area contributed by atoms with Gasteiger partial charge in [0, 0.05) is 15.5 Å². The van der Waals surface area contributed by atoms with Crippen LogP contribution in [-0.2, 0) is 5.88 Å². The normalized spacial score (nSPS) is 10.4. The molecule has 2 nitrogen and oxygen atoms in total. The molecule has 2 aromatic rings. The highest BCUT2D eigenvalue weighted by atomic mass is 79.9. The molecule has 1 N–H and O–H groups in total. The zero-order valence-corrected chi connectivity index (χ0v) is 11.8. The summed E-state index contributed by atoms with van der Waals surface area (Å²) in [7, 11) is 0. The Hall–Kier alpha value is -0.580. The SMILES string of the molecule is Cc1ccc(Nc2nc(CCl)cs2)cc1Br. The van der Waals surface area contributed by atoms with E-state index in [9.17, 15) is 0 Å². The third kappa shape index (κ3) is 2.75. The van der Waals surface area contributed by atoms with Crippen LogP contribution in [0.15, 0.2) is 28.1 Å². The van der Waals surface area contributed by atoms with Gasteiger partial charge >= 0.3 is 0 Å². The first-order valence-corrected chi connectivity index (χ1v) is 6.93. The monoisotopic (exact) mass is 316 g/mol. The van der Waals surface area contributed by atoms with Crippen LogP contribution in [0.1, 0.15) is 11.3 Å². The number of alkyl halides is 1. The van der Waals surface area contributed by atoms with Gasteiger partial charge in [0.15, 0.2) is 5.13 Å². The number of benzene rings is 1. The van der Waals surface area contributed by atoms with Crippen LogP contribution in [0.4, 0.5) is 10.8 Å². The molecule has 0 atom stereocenters. The van der Waals surface area contributed by atoms with E-state index in [1.54, 1.807) is 11.3 Å². The molecule has 0 radical (unpaired) electrons. The lowest BCUT2D eigenvalue weighted by Gasteiger charge is -2.04. The smallest absolute Gasteiger partial charge is 0.187 e. The van der Waals surface area contributed by atoms with E-state index in [-0.39, 0.29) is 0 Å². The number of aromatic nitrogens is 1. The quantitative estimate of drug-likeness (QED) is 0.830. The summed E-state index contributed by atoms with van der Waals surface area (Å²) in [6.45, 7) is 2.06. The summed E-state index contributed by atoms with van der Waals surface area (Å²) in [4.78, 5) is 4.34. The summed E-state index contributed by atoms with van der Waals surface area (Å²) in [6.07, 6.45) is 0. The summed E-state index contributed by atoms with van der Waals surface area (Å²) >= 11 is 10.8. The molecule has 0 aliphatic heterocycles. The van der Waals surface area contributed by atoms with E-state index in [1.165, 1.54) is 5.56 Å². The third-order valence-electron chi connectivity index (χ3n) is 2.11. The molecule has 0 saturated heterocycles. The van der Waals surface area contributed by atoms with Crippen molar-refractivity contribution in [2.45, 2.75) is 12.8 Å². The van der Waals surface area contributed by atoms with E-state index >= 15 is 0 Å². The minimum atomic E-state index is 0.454. The van der Waals surface area contributed by atoms with E-state index in [0.29, 0.717) is 5.88 Å². The van der Waals surface area contributed by atoms with Crippen LogP contribution in [0, 0.1) is 6.92 Å². The third-order valence-corrected chi connectivity index (χ3v) is 4.05. The summed E-state index contributed by atoms with van der Waals surface area (Å²) in [5.41, 5.74) is 3.14. The molecule has 16 heavy (non-hydrogen) atoms. The van der Waals surface area contributed by atoms with Crippen molar-refractivity contribution in [3.05, 3.63) is 39.3 Å². The molecule has 0 saturated carbocycles. The van der Waals surface area contributed by atoms with Gasteiger partial charge in [0.2, 0.25) is 0 Å². The van der Waals surface area contributed by atoms with Crippen LogP contribution in [-0.4, -0.2) is 4.98 Å². The number of aryl methyl sites for hydroxylation is 1. The predicted molar refractivity (Wildman–Crippen MR) is 73.8 cm³/mol. The van der Waals surface area contributed by atoms with E-state index in [0.717, 1.165) is 21.0 Å². The van der Waals surface area contributed by atoms with Gasteiger partial charge in [-0.3, -0.25) is 0 Å². The summed E-state index contributed by atoms with van der Waals surface area (Å²) in [5.74, 6) is 0.454. The summed E-state index contributed by atoms with van der Waals surface area (Å²) in [6, 6.07) is 6.13. The fraction of sp³-hybridized carbons (Fsp3) is 0.182. The second-order valence-electron chi connectivity index (χ2n) is 3.37. The highest BCUT2D eigenvalue weighted by molar-refractivity contribution is 9.10. The number of hydrogen-bond donors (Lipinski definition) is 1. The molecular weight excluding hydrogens is 308 g/mol. The van der Waals surface area contributed by atoms with Gasteiger partial charge in [-0.05, 0) is 24.6 Å². The molecule has 0 unspecified atom stereocenters. The Balaban J connectivity index is 2.17. The molecule has 84 valence electrons. The summed E-state index contributed by atoms with van der Waals surface area (Å²) < 4.78 is 1.09. The van der Waals surface area contributed by atoms with Crippen LogP contribution >= 0.6 is 38.9 Å². The molecule has 2 rings (SSSR count). The Morgan fingerprint density at radius 2 is 2.31 bits per heavy atom. The Kier molecular flexibility index (Phi) is 3.84. The molecule has 0 fully saturated rings. The van der Waals surface area contributed by atoms with Gasteiger partial charge in [-0.25, -0.2) is 4.98 Å². The van der Waals surface area contributed by atoms with E-state index in [1.807, 2.05) is 17.5 Å². The van der Waals surface area contributed by atoms with Gasteiger partial charge in [0.05, 0.1) is 11.6 Å². The van der Waals surface area contributed by atoms with Crippen LogP contribution < -0.4 is 5.32 Å². The lowest BCUT2D eigenvalue weighted by Crippen LogP contribution is -1.90. The van der Waals surface area contributed by atoms with Gasteiger partial charge in [0.1, 0.15) is 0 Å². The Morgan fingerprint density at radius 1 is 1.50 bits per heavy atom. The molecule has 1 aromatic carbocycles. The Bertz CT molecular complexity index is 498. The molecule has 1 heterocycles. The highest BCUT2D eigenvalue weighted by Crippen LogP contribution is 2.25. The van der Waals surface area contributed by atoms with Gasteiger partial charge in [-0.2, -0.15) is 0 Å². The highest BCUT2D eigenvalue weighted by Gasteiger charge is 2.02. The standard InChI is InChI=1S/C11H10BrClN2S/c1-7-2-3-8(4-10(7)12)14-11-15-9(5-13)6-16-11/h2-4,6H,5H2,1H3,(H,14,15). The Labute approximate surface area is 112 Å². The number of nitrogens with one attached hydrogen (secondary N) is 1. The molecular formula is C11H10BrClN2S. The fourth-order valence-corrected chi connectivity index (χ4v) is 2.56. The maximum absolute atomic E-state index is 5.70. The molecule has 0 amide bonds. The van der Waals surface area contributed by atoms with E-state index in [4.69, 9.17) is 11.6 Å². The van der Waals surface area contributed by atoms with Crippen molar-refractivity contribution in [3.63, 3.8) is 0 Å². The number of halogens is 2. The van der Waals surface area contributed by atoms with Crippen LogP contribution in [0.5, 0.6) is 0 Å². The van der Waals surface area contributed by atoms with Crippen LogP contribution in [0.2, 0.25) is 0 Å². The lowest BCUT2D eigenvalue weighted by molar-refractivity contribution is 1.22. The molecule has 1 aromatic heterocycles. The largest absolute Gasteiger partial charge is 0.332 e. The molecule has 0 aliphatic rings. The van der Waals surface area contributed by atoms with Gasteiger partial charge in [-0.15, -0.1) is 22.9 Å². The fourth-order valence-electron chi connectivity index (χ4n) is 1.22. The van der Waals surface area contributed by atoms with Gasteiger partial charge < -0.3 is 5.32 Å². The van der Waals surface area contributed by atoms with Gasteiger partial charge in [-0.1, -0.05) is 22.0 Å². The molecule has 5 heteroatoms. The van der Waals surface area contributed by atoms with Crippen LogP contribution in [0.3, 0.4) is 0 Å². The predicted octanol–water partition coefficient (Wildman–Crippen LogP) is 4.70. The molecule has 0 bridgehead atoms. The van der Waals surface area contributed by atoms with E-state index in [2.05, 4.69) is 39.2 Å². The lowest BCUT2D eigenvalue weighted by atomic mass is 10.2. The second-order valence-corrected chi connectivity index (χ2v) is 5.35. The van der Waals surface area contributed by atoms with Crippen molar-refractivity contribution in [2.75, 3.05) is 5.32 Å². The van der Waals surface area contributed by atoms with Crippen molar-refractivity contribution < 1.29 is 0 Å². The number of thiazole rings is 1. The molecule has 0 aliphatic carbocycles. The average molecular weight is 318 g/mol. The van der Waals surface area contributed by atoms with Crippen molar-refractivity contribution in [1.29, 1.82) is 0 Å². The maximum atomic E-state index is 5.70. The van der Waals surface area contributed by atoms with Crippen molar-refractivity contribution >= 4 is 49.7 Å². The summed E-state index contributed by atoms with van der Waals surface area (Å²) in [5, 5.41) is 6.07. The minimum absolute atomic E-state index is 0.454. The zero-order chi connectivity index (χ0) is 11.5.